The molecule has 70 valence electrons. The topological polar surface area (TPSA) is 0 Å². The number of hydrogen-bond donors (Lipinski definition) is 0. The molecule has 0 heterocycles. The Morgan fingerprint density at radius 2 is 2.23 bits per heavy atom. The highest BCUT2D eigenvalue weighted by atomic mass is 35.5. The van der Waals surface area contributed by atoms with Gasteiger partial charge in [-0.25, -0.2) is 0 Å². The van der Waals surface area contributed by atoms with E-state index in [2.05, 4.69) is 19.6 Å². The fourth-order valence-corrected chi connectivity index (χ4v) is 1.50. The van der Waals surface area contributed by atoms with Crippen molar-refractivity contribution in [3.05, 3.63) is 47.0 Å². The van der Waals surface area contributed by atoms with Gasteiger partial charge in [0.15, 0.2) is 0 Å². The van der Waals surface area contributed by atoms with Crippen molar-refractivity contribution in [2.24, 2.45) is 5.92 Å². The summed E-state index contributed by atoms with van der Waals surface area (Å²) in [6.45, 7) is 7.94. The SMILES string of the molecule is C=CC(C)Cc1cccc(C)c1Cl. The molecule has 13 heavy (non-hydrogen) atoms. The first-order valence-electron chi connectivity index (χ1n) is 4.51. The van der Waals surface area contributed by atoms with Crippen LogP contribution < -0.4 is 0 Å². The van der Waals surface area contributed by atoms with E-state index in [1.165, 1.54) is 5.56 Å². The fourth-order valence-electron chi connectivity index (χ4n) is 1.30. The van der Waals surface area contributed by atoms with Gasteiger partial charge in [-0.1, -0.05) is 42.8 Å². The maximum atomic E-state index is 6.16. The third-order valence-corrected chi connectivity index (χ3v) is 2.76. The molecule has 0 aliphatic rings. The Balaban J connectivity index is 2.88. The standard InChI is InChI=1S/C12H15Cl/c1-4-9(2)8-11-7-5-6-10(3)12(11)13/h4-7,9H,1,8H2,2-3H3. The Morgan fingerprint density at radius 3 is 2.85 bits per heavy atom. The van der Waals surface area contributed by atoms with Crippen molar-refractivity contribution in [1.82, 2.24) is 0 Å². The number of aryl methyl sites for hydroxylation is 1. The van der Waals surface area contributed by atoms with Crippen molar-refractivity contribution in [2.45, 2.75) is 20.3 Å². The summed E-state index contributed by atoms with van der Waals surface area (Å²) in [5, 5.41) is 0.899. The molecule has 0 aliphatic carbocycles. The van der Waals surface area contributed by atoms with Gasteiger partial charge < -0.3 is 0 Å². The van der Waals surface area contributed by atoms with Crippen molar-refractivity contribution in [2.75, 3.05) is 0 Å². The molecule has 0 nitrogen and oxygen atoms in total. The Hall–Kier alpha value is -0.750. The lowest BCUT2D eigenvalue weighted by molar-refractivity contribution is 0.725. The number of halogens is 1. The Kier molecular flexibility index (Phi) is 3.56. The molecule has 0 saturated carbocycles. The van der Waals surface area contributed by atoms with Crippen LogP contribution in [0, 0.1) is 12.8 Å². The molecule has 0 aliphatic heterocycles. The van der Waals surface area contributed by atoms with Gasteiger partial charge in [-0.2, -0.15) is 0 Å². The highest BCUT2D eigenvalue weighted by Gasteiger charge is 2.05. The molecule has 0 amide bonds. The minimum atomic E-state index is 0.485. The molecule has 1 heteroatoms. The minimum absolute atomic E-state index is 0.485. The van der Waals surface area contributed by atoms with Crippen molar-refractivity contribution in [3.8, 4) is 0 Å². The predicted molar refractivity (Wildman–Crippen MR) is 59.3 cm³/mol. The molecule has 0 aromatic heterocycles. The van der Waals surface area contributed by atoms with Gasteiger partial charge in [-0.05, 0) is 30.4 Å². The van der Waals surface area contributed by atoms with Gasteiger partial charge >= 0.3 is 0 Å². The number of rotatable bonds is 3. The molecule has 0 bridgehead atoms. The van der Waals surface area contributed by atoms with Gasteiger partial charge in [0.25, 0.3) is 0 Å². The highest BCUT2D eigenvalue weighted by Crippen LogP contribution is 2.22. The van der Waals surface area contributed by atoms with Gasteiger partial charge in [0.1, 0.15) is 0 Å². The van der Waals surface area contributed by atoms with E-state index in [0.717, 1.165) is 17.0 Å². The van der Waals surface area contributed by atoms with Crippen LogP contribution in [-0.4, -0.2) is 0 Å². The van der Waals surface area contributed by atoms with E-state index in [9.17, 15) is 0 Å². The summed E-state index contributed by atoms with van der Waals surface area (Å²) in [6.07, 6.45) is 2.93. The first-order chi connectivity index (χ1) is 6.15. The summed E-state index contributed by atoms with van der Waals surface area (Å²) in [4.78, 5) is 0. The molecule has 1 aromatic carbocycles. The number of allylic oxidation sites excluding steroid dienone is 1. The molecule has 1 rings (SSSR count). The van der Waals surface area contributed by atoms with Crippen LogP contribution in [-0.2, 0) is 6.42 Å². The monoisotopic (exact) mass is 194 g/mol. The minimum Gasteiger partial charge on any atom is -0.103 e. The Labute approximate surface area is 85.2 Å². The zero-order chi connectivity index (χ0) is 9.84. The second kappa shape index (κ2) is 4.48. The molecular formula is C12H15Cl. The average Bonchev–Trinajstić information content (AvgIpc) is 2.13. The average molecular weight is 195 g/mol. The normalized spacial score (nSPS) is 12.5. The summed E-state index contributed by atoms with van der Waals surface area (Å²) in [5.41, 5.74) is 2.37. The van der Waals surface area contributed by atoms with Crippen LogP contribution in [0.4, 0.5) is 0 Å². The third kappa shape index (κ3) is 2.60. The summed E-state index contributed by atoms with van der Waals surface area (Å²) >= 11 is 6.16. The quantitative estimate of drug-likeness (QED) is 0.638. The van der Waals surface area contributed by atoms with E-state index in [4.69, 9.17) is 11.6 Å². The van der Waals surface area contributed by atoms with Crippen molar-refractivity contribution < 1.29 is 0 Å². The fraction of sp³-hybridized carbons (Fsp3) is 0.333. The Morgan fingerprint density at radius 1 is 1.54 bits per heavy atom. The Bertz CT molecular complexity index is 302. The molecule has 0 N–H and O–H groups in total. The van der Waals surface area contributed by atoms with Crippen molar-refractivity contribution in [1.29, 1.82) is 0 Å². The van der Waals surface area contributed by atoms with Crippen LogP contribution in [0.2, 0.25) is 5.02 Å². The van der Waals surface area contributed by atoms with E-state index < -0.39 is 0 Å². The number of hydrogen-bond acceptors (Lipinski definition) is 0. The van der Waals surface area contributed by atoms with Gasteiger partial charge in [0, 0.05) is 5.02 Å². The van der Waals surface area contributed by atoms with E-state index in [1.807, 2.05) is 25.1 Å². The summed E-state index contributed by atoms with van der Waals surface area (Å²) in [6, 6.07) is 6.16. The molecule has 0 fully saturated rings. The van der Waals surface area contributed by atoms with Gasteiger partial charge in [0.05, 0.1) is 0 Å². The smallest absolute Gasteiger partial charge is 0.0467 e. The maximum Gasteiger partial charge on any atom is 0.0467 e. The molecule has 0 spiro atoms. The molecular weight excluding hydrogens is 180 g/mol. The van der Waals surface area contributed by atoms with E-state index >= 15 is 0 Å². The summed E-state index contributed by atoms with van der Waals surface area (Å²) < 4.78 is 0. The van der Waals surface area contributed by atoms with Crippen LogP contribution in [0.1, 0.15) is 18.1 Å². The summed E-state index contributed by atoms with van der Waals surface area (Å²) in [5.74, 6) is 0.485. The largest absolute Gasteiger partial charge is 0.103 e. The van der Waals surface area contributed by atoms with Crippen LogP contribution in [0.15, 0.2) is 30.9 Å². The first-order valence-corrected chi connectivity index (χ1v) is 4.89. The van der Waals surface area contributed by atoms with Crippen LogP contribution >= 0.6 is 11.6 Å². The first kappa shape index (κ1) is 10.3. The molecule has 1 unspecified atom stereocenters. The van der Waals surface area contributed by atoms with E-state index in [0.29, 0.717) is 5.92 Å². The maximum absolute atomic E-state index is 6.16. The molecule has 0 radical (unpaired) electrons. The number of benzene rings is 1. The third-order valence-electron chi connectivity index (χ3n) is 2.22. The van der Waals surface area contributed by atoms with Gasteiger partial charge in [-0.15, -0.1) is 6.58 Å². The van der Waals surface area contributed by atoms with Crippen LogP contribution in [0.3, 0.4) is 0 Å². The zero-order valence-electron chi connectivity index (χ0n) is 8.18. The van der Waals surface area contributed by atoms with Gasteiger partial charge in [-0.3, -0.25) is 0 Å². The second-order valence-electron chi connectivity index (χ2n) is 3.47. The van der Waals surface area contributed by atoms with E-state index in [1.54, 1.807) is 0 Å². The van der Waals surface area contributed by atoms with Crippen LogP contribution in [0.5, 0.6) is 0 Å². The van der Waals surface area contributed by atoms with Crippen molar-refractivity contribution in [3.63, 3.8) is 0 Å². The zero-order valence-corrected chi connectivity index (χ0v) is 8.93. The predicted octanol–water partition coefficient (Wildman–Crippen LogP) is 4.01. The van der Waals surface area contributed by atoms with E-state index in [-0.39, 0.29) is 0 Å². The molecule has 1 aromatic rings. The second-order valence-corrected chi connectivity index (χ2v) is 3.84. The lowest BCUT2D eigenvalue weighted by atomic mass is 10.00. The van der Waals surface area contributed by atoms with Gasteiger partial charge in [0.2, 0.25) is 0 Å². The highest BCUT2D eigenvalue weighted by molar-refractivity contribution is 6.32. The lowest BCUT2D eigenvalue weighted by Gasteiger charge is -2.09. The van der Waals surface area contributed by atoms with Crippen LogP contribution in [0.25, 0.3) is 0 Å². The summed E-state index contributed by atoms with van der Waals surface area (Å²) in [7, 11) is 0. The van der Waals surface area contributed by atoms with Crippen molar-refractivity contribution >= 4 is 11.6 Å². The molecule has 0 saturated heterocycles. The lowest BCUT2D eigenvalue weighted by Crippen LogP contribution is -1.96. The molecule has 1 atom stereocenters.